The molecule has 0 rings (SSSR count). The second-order valence-electron chi connectivity index (χ2n) is 9.52. The first-order chi connectivity index (χ1) is 20.8. The topological polar surface area (TPSA) is 145 Å². The molecule has 254 valence electrons. The van der Waals surface area contributed by atoms with Gasteiger partial charge in [-0.3, -0.25) is 0 Å². The third-order valence-corrected chi connectivity index (χ3v) is 4.63. The molecule has 0 saturated heterocycles. The molecule has 0 amide bonds. The minimum absolute atomic E-state index is 0.0869. The molecule has 0 aliphatic rings. The van der Waals surface area contributed by atoms with Gasteiger partial charge in [-0.05, 0) is 20.8 Å². The van der Waals surface area contributed by atoms with Crippen LogP contribution < -0.4 is 0 Å². The van der Waals surface area contributed by atoms with Crippen LogP contribution in [0.15, 0.2) is 12.7 Å². The molecule has 0 aliphatic carbocycles. The van der Waals surface area contributed by atoms with Crippen molar-refractivity contribution in [1.82, 2.24) is 0 Å². The normalized spacial score (nSPS) is 11.5. The quantitative estimate of drug-likeness (QED) is 0.0585. The molecule has 0 aromatic rings. The molecule has 0 heterocycles. The van der Waals surface area contributed by atoms with Crippen molar-refractivity contribution in [2.45, 2.75) is 26.4 Å². The molecule has 0 aromatic carbocycles. The van der Waals surface area contributed by atoms with Crippen molar-refractivity contribution >= 4 is 11.9 Å². The summed E-state index contributed by atoms with van der Waals surface area (Å²) < 4.78 is 63.7. The van der Waals surface area contributed by atoms with E-state index in [9.17, 15) is 9.59 Å². The molecular weight excluding hydrogens is 572 g/mol. The zero-order valence-electron chi connectivity index (χ0n) is 26.3. The van der Waals surface area contributed by atoms with Gasteiger partial charge in [-0.2, -0.15) is 0 Å². The number of hydrogen-bond donors (Lipinski definition) is 0. The lowest BCUT2D eigenvalue weighted by Gasteiger charge is -2.19. The summed E-state index contributed by atoms with van der Waals surface area (Å²) in [4.78, 5) is 22.3. The van der Waals surface area contributed by atoms with E-state index in [1.54, 1.807) is 0 Å². The second kappa shape index (κ2) is 31.7. The highest BCUT2D eigenvalue weighted by Crippen LogP contribution is 2.06. The Morgan fingerprint density at radius 2 is 0.721 bits per heavy atom. The summed E-state index contributed by atoms with van der Waals surface area (Å²) in [5, 5.41) is 0. The van der Waals surface area contributed by atoms with E-state index < -0.39 is 17.5 Å². The van der Waals surface area contributed by atoms with Crippen LogP contribution in [-0.4, -0.2) is 156 Å². The highest BCUT2D eigenvalue weighted by Gasteiger charge is 2.15. The molecule has 0 spiro atoms. The van der Waals surface area contributed by atoms with Crippen LogP contribution in [0.2, 0.25) is 0 Å². The fourth-order valence-electron chi connectivity index (χ4n) is 2.77. The molecule has 0 unspecified atom stereocenters. The predicted octanol–water partition coefficient (Wildman–Crippen LogP) is 1.22. The van der Waals surface area contributed by atoms with Gasteiger partial charge < -0.3 is 56.8 Å². The van der Waals surface area contributed by atoms with Gasteiger partial charge in [0.2, 0.25) is 0 Å². The van der Waals surface area contributed by atoms with Gasteiger partial charge >= 0.3 is 11.9 Å². The van der Waals surface area contributed by atoms with E-state index in [0.29, 0.717) is 126 Å². The van der Waals surface area contributed by atoms with Crippen molar-refractivity contribution < 1.29 is 66.4 Å². The SMILES string of the molecule is C=CC(=O)OCCOCCOCCOCCOCCOCCOCCOCCOCCOCCOCC(=O)OC(C)(C)C. The van der Waals surface area contributed by atoms with E-state index >= 15 is 0 Å². The van der Waals surface area contributed by atoms with Crippen molar-refractivity contribution in [3.8, 4) is 0 Å². The largest absolute Gasteiger partial charge is 0.460 e. The van der Waals surface area contributed by atoms with Gasteiger partial charge in [0, 0.05) is 6.08 Å². The average Bonchev–Trinajstić information content (AvgIpc) is 2.96. The predicted molar refractivity (Wildman–Crippen MR) is 155 cm³/mol. The van der Waals surface area contributed by atoms with Crippen LogP contribution >= 0.6 is 0 Å². The van der Waals surface area contributed by atoms with Crippen LogP contribution in [0.5, 0.6) is 0 Å². The van der Waals surface area contributed by atoms with Crippen molar-refractivity contribution in [1.29, 1.82) is 0 Å². The van der Waals surface area contributed by atoms with Crippen molar-refractivity contribution in [2.24, 2.45) is 0 Å². The van der Waals surface area contributed by atoms with E-state index in [1.165, 1.54) is 0 Å². The first-order valence-corrected chi connectivity index (χ1v) is 14.6. The lowest BCUT2D eigenvalue weighted by Crippen LogP contribution is -2.27. The smallest absolute Gasteiger partial charge is 0.332 e. The lowest BCUT2D eigenvalue weighted by molar-refractivity contribution is -0.160. The third kappa shape index (κ3) is 36.4. The fourth-order valence-corrected chi connectivity index (χ4v) is 2.77. The van der Waals surface area contributed by atoms with Crippen molar-refractivity contribution in [2.75, 3.05) is 139 Å². The summed E-state index contributed by atoms with van der Waals surface area (Å²) in [7, 11) is 0. The van der Waals surface area contributed by atoms with Gasteiger partial charge in [0.05, 0.1) is 126 Å². The first kappa shape index (κ1) is 41.3. The summed E-state index contributed by atoms with van der Waals surface area (Å²) in [6, 6.07) is 0. The molecule has 0 bridgehead atoms. The Morgan fingerprint density at radius 3 is 0.977 bits per heavy atom. The van der Waals surface area contributed by atoms with Gasteiger partial charge in [0.1, 0.15) is 18.8 Å². The maximum atomic E-state index is 11.5. The Balaban J connectivity index is 3.11. The van der Waals surface area contributed by atoms with E-state index in [1.807, 2.05) is 20.8 Å². The average molecular weight is 627 g/mol. The number of esters is 2. The van der Waals surface area contributed by atoms with E-state index in [2.05, 4.69) is 6.58 Å². The molecule has 0 N–H and O–H groups in total. The molecule has 43 heavy (non-hydrogen) atoms. The van der Waals surface area contributed by atoms with Gasteiger partial charge in [0.25, 0.3) is 0 Å². The van der Waals surface area contributed by atoms with Crippen LogP contribution in [0.25, 0.3) is 0 Å². The van der Waals surface area contributed by atoms with E-state index in [0.717, 1.165) is 6.08 Å². The summed E-state index contributed by atoms with van der Waals surface area (Å²) in [6.45, 7) is 17.3. The molecule has 14 nitrogen and oxygen atoms in total. The van der Waals surface area contributed by atoms with E-state index in [-0.39, 0.29) is 13.2 Å². The van der Waals surface area contributed by atoms with Crippen LogP contribution in [0, 0.1) is 0 Å². The number of rotatable bonds is 33. The molecule has 0 aromatic heterocycles. The summed E-state index contributed by atoms with van der Waals surface area (Å²) >= 11 is 0. The minimum atomic E-state index is -0.513. The Labute approximate surface area is 256 Å². The molecule has 0 aliphatic heterocycles. The van der Waals surface area contributed by atoms with Gasteiger partial charge in [-0.25, -0.2) is 9.59 Å². The molecular formula is C29H54O14. The monoisotopic (exact) mass is 626 g/mol. The Hall–Kier alpha value is -1.72. The Kier molecular flexibility index (Phi) is 30.4. The van der Waals surface area contributed by atoms with E-state index in [4.69, 9.17) is 56.8 Å². The standard InChI is InChI=1S/C29H54O14/c1-5-27(30)42-25-24-40-21-20-38-17-16-36-13-12-34-9-8-32-6-7-33-10-11-35-14-15-37-18-19-39-22-23-41-26-28(31)43-29(2,3)4/h5H,1,6-26H2,2-4H3. The summed E-state index contributed by atoms with van der Waals surface area (Å²) in [5.74, 6) is -0.853. The highest BCUT2D eigenvalue weighted by atomic mass is 16.6. The zero-order valence-corrected chi connectivity index (χ0v) is 26.3. The first-order valence-electron chi connectivity index (χ1n) is 14.6. The number of carbonyl (C=O) groups is 2. The zero-order chi connectivity index (χ0) is 31.7. The highest BCUT2D eigenvalue weighted by molar-refractivity contribution is 5.81. The summed E-state index contributed by atoms with van der Waals surface area (Å²) in [5.41, 5.74) is -0.513. The number of carbonyl (C=O) groups excluding carboxylic acids is 2. The Bertz CT molecular complexity index is 641. The molecule has 14 heteroatoms. The van der Waals surface area contributed by atoms with Crippen molar-refractivity contribution in [3.05, 3.63) is 12.7 Å². The minimum Gasteiger partial charge on any atom is -0.460 e. The van der Waals surface area contributed by atoms with Crippen LogP contribution in [-0.2, 0) is 66.4 Å². The molecule has 0 radical (unpaired) electrons. The van der Waals surface area contributed by atoms with Gasteiger partial charge in [-0.15, -0.1) is 0 Å². The van der Waals surface area contributed by atoms with Crippen LogP contribution in [0.3, 0.4) is 0 Å². The third-order valence-electron chi connectivity index (χ3n) is 4.63. The van der Waals surface area contributed by atoms with Crippen LogP contribution in [0.4, 0.5) is 0 Å². The fraction of sp³-hybridized carbons (Fsp3) is 0.862. The van der Waals surface area contributed by atoms with Gasteiger partial charge in [-0.1, -0.05) is 6.58 Å². The number of hydrogen-bond acceptors (Lipinski definition) is 14. The molecule has 0 atom stereocenters. The molecule has 0 saturated carbocycles. The Morgan fingerprint density at radius 1 is 0.465 bits per heavy atom. The van der Waals surface area contributed by atoms with Crippen LogP contribution in [0.1, 0.15) is 20.8 Å². The maximum Gasteiger partial charge on any atom is 0.332 e. The van der Waals surface area contributed by atoms with Crippen molar-refractivity contribution in [3.63, 3.8) is 0 Å². The summed E-state index contributed by atoms with van der Waals surface area (Å²) in [6.07, 6.45) is 1.11. The number of ether oxygens (including phenoxy) is 12. The maximum absolute atomic E-state index is 11.5. The second-order valence-corrected chi connectivity index (χ2v) is 9.52. The molecule has 0 fully saturated rings. The van der Waals surface area contributed by atoms with Gasteiger partial charge in [0.15, 0.2) is 0 Å². The lowest BCUT2D eigenvalue weighted by atomic mass is 10.2.